The summed E-state index contributed by atoms with van der Waals surface area (Å²) in [6, 6.07) is -0.274. The molecule has 132 valence electrons. The summed E-state index contributed by atoms with van der Waals surface area (Å²) in [4.78, 5) is 51.0. The van der Waals surface area contributed by atoms with Crippen molar-refractivity contribution in [2.24, 2.45) is 0 Å². The van der Waals surface area contributed by atoms with Crippen LogP contribution in [0, 0.1) is 0 Å². The van der Waals surface area contributed by atoms with Crippen LogP contribution in [-0.4, -0.2) is 65.3 Å². The molecule has 3 aliphatic rings. The summed E-state index contributed by atoms with van der Waals surface area (Å²) >= 11 is 0. The highest BCUT2D eigenvalue weighted by atomic mass is 16.2. The van der Waals surface area contributed by atoms with Crippen molar-refractivity contribution in [2.75, 3.05) is 20.1 Å². The molecule has 3 rings (SSSR count). The third kappa shape index (κ3) is 3.37. The van der Waals surface area contributed by atoms with Crippen LogP contribution in [0.4, 0.5) is 4.79 Å². The Labute approximate surface area is 140 Å². The van der Waals surface area contributed by atoms with E-state index < -0.39 is 17.5 Å². The normalized spacial score (nSPS) is 22.5. The van der Waals surface area contributed by atoms with Crippen LogP contribution >= 0.6 is 0 Å². The fourth-order valence-electron chi connectivity index (χ4n) is 3.37. The predicted molar refractivity (Wildman–Crippen MR) is 84.9 cm³/mol. The first kappa shape index (κ1) is 16.7. The molecule has 2 saturated carbocycles. The molecule has 1 heterocycles. The lowest BCUT2D eigenvalue weighted by Gasteiger charge is -2.30. The fourth-order valence-corrected chi connectivity index (χ4v) is 3.37. The van der Waals surface area contributed by atoms with Crippen molar-refractivity contribution >= 4 is 23.8 Å². The number of nitrogens with zero attached hydrogens (tertiary/aromatic N) is 2. The van der Waals surface area contributed by atoms with Gasteiger partial charge in [-0.2, -0.15) is 0 Å². The Hall–Kier alpha value is -2.12. The Morgan fingerprint density at radius 1 is 1.25 bits per heavy atom. The summed E-state index contributed by atoms with van der Waals surface area (Å²) in [5, 5.41) is 5.58. The zero-order valence-electron chi connectivity index (χ0n) is 14.0. The average Bonchev–Trinajstić information content (AvgIpc) is 3.32. The van der Waals surface area contributed by atoms with Gasteiger partial charge < -0.3 is 15.5 Å². The van der Waals surface area contributed by atoms with Crippen LogP contribution in [0.3, 0.4) is 0 Å². The molecule has 3 fully saturated rings. The Morgan fingerprint density at radius 2 is 1.92 bits per heavy atom. The first-order valence-electron chi connectivity index (χ1n) is 8.59. The van der Waals surface area contributed by atoms with Gasteiger partial charge in [-0.25, -0.2) is 4.79 Å². The molecule has 0 unspecified atom stereocenters. The molecule has 1 spiro atoms. The van der Waals surface area contributed by atoms with Crippen LogP contribution in [0.25, 0.3) is 0 Å². The minimum Gasteiger partial charge on any atom is -0.352 e. The number of imide groups is 1. The van der Waals surface area contributed by atoms with E-state index in [1.165, 1.54) is 11.9 Å². The molecule has 0 aromatic heterocycles. The van der Waals surface area contributed by atoms with Gasteiger partial charge in [0.15, 0.2) is 0 Å². The molecule has 0 aromatic carbocycles. The van der Waals surface area contributed by atoms with Crippen molar-refractivity contribution in [3.8, 4) is 0 Å². The van der Waals surface area contributed by atoms with E-state index in [-0.39, 0.29) is 30.9 Å². The van der Waals surface area contributed by atoms with E-state index >= 15 is 0 Å². The van der Waals surface area contributed by atoms with Crippen molar-refractivity contribution in [3.63, 3.8) is 0 Å². The lowest BCUT2D eigenvalue weighted by molar-refractivity contribution is -0.140. The maximum Gasteiger partial charge on any atom is 0.325 e. The molecule has 0 atom stereocenters. The number of carbonyl (C=O) groups excluding carboxylic acids is 4. The number of carbonyl (C=O) groups is 4. The van der Waals surface area contributed by atoms with E-state index in [2.05, 4.69) is 10.6 Å². The molecule has 2 N–H and O–H groups in total. The van der Waals surface area contributed by atoms with E-state index in [1.54, 1.807) is 0 Å². The Morgan fingerprint density at radius 3 is 2.54 bits per heavy atom. The second-order valence-electron chi connectivity index (χ2n) is 7.06. The summed E-state index contributed by atoms with van der Waals surface area (Å²) in [6.07, 6.45) is 6.07. The molecule has 0 radical (unpaired) electrons. The standard InChI is InChI=1S/C16H24N4O4/c1-19(9-12(21)17-11-5-6-11)13(22)10-20-14(23)16(18-15(20)24)7-3-2-4-8-16/h11H,2-10H2,1H3,(H,17,21)(H,18,24). The molecule has 8 nitrogen and oxygen atoms in total. The topological polar surface area (TPSA) is 98.8 Å². The van der Waals surface area contributed by atoms with Crippen LogP contribution in [0.1, 0.15) is 44.9 Å². The minimum atomic E-state index is -0.822. The summed E-state index contributed by atoms with van der Waals surface area (Å²) in [5.74, 6) is -0.942. The number of hydrogen-bond acceptors (Lipinski definition) is 4. The second kappa shape index (κ2) is 6.41. The molecule has 8 heteroatoms. The van der Waals surface area contributed by atoms with E-state index in [9.17, 15) is 19.2 Å². The van der Waals surface area contributed by atoms with Gasteiger partial charge in [0.05, 0.1) is 6.54 Å². The quantitative estimate of drug-likeness (QED) is 0.689. The Kier molecular flexibility index (Phi) is 4.47. The zero-order valence-corrected chi connectivity index (χ0v) is 14.0. The maximum absolute atomic E-state index is 12.6. The first-order valence-corrected chi connectivity index (χ1v) is 8.59. The molecule has 0 aromatic rings. The molecule has 2 aliphatic carbocycles. The van der Waals surface area contributed by atoms with Gasteiger partial charge in [-0.05, 0) is 25.7 Å². The molecule has 1 saturated heterocycles. The number of rotatable bonds is 5. The monoisotopic (exact) mass is 336 g/mol. The highest BCUT2D eigenvalue weighted by Crippen LogP contribution is 2.33. The van der Waals surface area contributed by atoms with Gasteiger partial charge in [0, 0.05) is 13.1 Å². The molecule has 1 aliphatic heterocycles. The average molecular weight is 336 g/mol. The minimum absolute atomic E-state index is 0.0654. The van der Waals surface area contributed by atoms with E-state index in [1.807, 2.05) is 0 Å². The lowest BCUT2D eigenvalue weighted by Crippen LogP contribution is -2.49. The lowest BCUT2D eigenvalue weighted by atomic mass is 9.82. The van der Waals surface area contributed by atoms with Gasteiger partial charge in [-0.3, -0.25) is 19.3 Å². The van der Waals surface area contributed by atoms with Crippen LogP contribution in [0.5, 0.6) is 0 Å². The van der Waals surface area contributed by atoms with Crippen molar-refractivity contribution in [2.45, 2.75) is 56.5 Å². The third-order valence-electron chi connectivity index (χ3n) is 5.00. The number of amides is 5. The second-order valence-corrected chi connectivity index (χ2v) is 7.06. The van der Waals surface area contributed by atoms with Crippen LogP contribution in [0.15, 0.2) is 0 Å². The first-order chi connectivity index (χ1) is 11.4. The fraction of sp³-hybridized carbons (Fsp3) is 0.750. The highest BCUT2D eigenvalue weighted by Gasteiger charge is 2.51. The van der Waals surface area contributed by atoms with Crippen molar-refractivity contribution in [1.29, 1.82) is 0 Å². The Balaban J connectivity index is 1.55. The van der Waals surface area contributed by atoms with Gasteiger partial charge in [-0.1, -0.05) is 19.3 Å². The van der Waals surface area contributed by atoms with Crippen molar-refractivity contribution < 1.29 is 19.2 Å². The zero-order chi connectivity index (χ0) is 17.3. The van der Waals surface area contributed by atoms with Crippen LogP contribution in [0.2, 0.25) is 0 Å². The molecular weight excluding hydrogens is 312 g/mol. The predicted octanol–water partition coefficient (Wildman–Crippen LogP) is -0.0219. The smallest absolute Gasteiger partial charge is 0.325 e. The number of urea groups is 1. The van der Waals surface area contributed by atoms with Gasteiger partial charge in [0.25, 0.3) is 5.91 Å². The summed E-state index contributed by atoms with van der Waals surface area (Å²) in [6.45, 7) is -0.385. The van der Waals surface area contributed by atoms with E-state index in [0.29, 0.717) is 12.8 Å². The highest BCUT2D eigenvalue weighted by molar-refractivity contribution is 6.09. The summed E-state index contributed by atoms with van der Waals surface area (Å²) in [7, 11) is 1.50. The number of likely N-dealkylation sites (N-methyl/N-ethyl adjacent to an activating group) is 1. The summed E-state index contributed by atoms with van der Waals surface area (Å²) in [5.41, 5.74) is -0.822. The van der Waals surface area contributed by atoms with Crippen LogP contribution in [-0.2, 0) is 14.4 Å². The van der Waals surface area contributed by atoms with Crippen molar-refractivity contribution in [1.82, 2.24) is 20.4 Å². The van der Waals surface area contributed by atoms with Crippen LogP contribution < -0.4 is 10.6 Å². The maximum atomic E-state index is 12.6. The summed E-state index contributed by atoms with van der Waals surface area (Å²) < 4.78 is 0. The van der Waals surface area contributed by atoms with Gasteiger partial charge in [0.1, 0.15) is 12.1 Å². The molecule has 0 bridgehead atoms. The third-order valence-corrected chi connectivity index (χ3v) is 5.00. The van der Waals surface area contributed by atoms with Crippen molar-refractivity contribution in [3.05, 3.63) is 0 Å². The SMILES string of the molecule is CN(CC(=O)NC1CC1)C(=O)CN1C(=O)NC2(CCCCC2)C1=O. The van der Waals surface area contributed by atoms with E-state index in [4.69, 9.17) is 0 Å². The van der Waals surface area contributed by atoms with Gasteiger partial charge in [-0.15, -0.1) is 0 Å². The largest absolute Gasteiger partial charge is 0.352 e. The molecule has 5 amide bonds. The number of nitrogens with one attached hydrogen (secondary N) is 2. The van der Waals surface area contributed by atoms with Gasteiger partial charge >= 0.3 is 6.03 Å². The molecule has 24 heavy (non-hydrogen) atoms. The van der Waals surface area contributed by atoms with Gasteiger partial charge in [0.2, 0.25) is 11.8 Å². The molecular formula is C16H24N4O4. The number of hydrogen-bond donors (Lipinski definition) is 2. The Bertz CT molecular complexity index is 566. The van der Waals surface area contributed by atoms with E-state index in [0.717, 1.165) is 37.0 Å².